The number of nitrogens with zero attached hydrogens (tertiary/aromatic N) is 5. The number of aromatic nitrogens is 3. The summed E-state index contributed by atoms with van der Waals surface area (Å²) in [6.07, 6.45) is 0.369. The maximum Gasteiger partial charge on any atom is 0.294 e. The monoisotopic (exact) mass is 560 g/mol. The molecule has 0 amide bonds. The second-order valence-corrected chi connectivity index (χ2v) is 10.3. The molecule has 196 valence electrons. The number of fused-ring (bicyclic) bond motifs is 1. The van der Waals surface area contributed by atoms with Crippen molar-refractivity contribution in [2.75, 3.05) is 5.73 Å². The van der Waals surface area contributed by atoms with Gasteiger partial charge in [0.05, 0.1) is 21.7 Å². The number of azo groups is 1. The van der Waals surface area contributed by atoms with E-state index in [4.69, 9.17) is 17.3 Å². The quantitative estimate of drug-likeness (QED) is 0.127. The fraction of sp³-hybridized carbons (Fsp3) is 0.0741. The molecule has 0 spiro atoms. The number of rotatable bonds is 7. The molecule has 4 aromatic carbocycles. The van der Waals surface area contributed by atoms with Crippen LogP contribution in [0.1, 0.15) is 22.8 Å². The zero-order chi connectivity index (χ0) is 27.6. The summed E-state index contributed by atoms with van der Waals surface area (Å²) in [6.45, 7) is 0. The van der Waals surface area contributed by atoms with Gasteiger partial charge in [-0.25, -0.2) is 15.0 Å². The lowest BCUT2D eigenvalue weighted by atomic mass is 10.1. The molecule has 0 saturated carbocycles. The van der Waals surface area contributed by atoms with Gasteiger partial charge in [-0.3, -0.25) is 4.55 Å². The smallest absolute Gasteiger partial charge is 0.294 e. The summed E-state index contributed by atoms with van der Waals surface area (Å²) < 4.78 is 32.9. The van der Waals surface area contributed by atoms with Gasteiger partial charge >= 0.3 is 0 Å². The minimum Gasteiger partial charge on any atom is -0.507 e. The highest BCUT2D eigenvalue weighted by Crippen LogP contribution is 2.38. The molecule has 0 aliphatic heterocycles. The fourth-order valence-electron chi connectivity index (χ4n) is 4.10. The zero-order valence-electron chi connectivity index (χ0n) is 20.2. The number of halogens is 1. The molecule has 5 rings (SSSR count). The molecule has 10 nitrogen and oxygen atoms in total. The van der Waals surface area contributed by atoms with Gasteiger partial charge in [0, 0.05) is 12.8 Å². The van der Waals surface area contributed by atoms with Gasteiger partial charge < -0.3 is 10.8 Å². The van der Waals surface area contributed by atoms with E-state index in [2.05, 4.69) is 25.2 Å². The third kappa shape index (κ3) is 6.01. The number of anilines is 1. The van der Waals surface area contributed by atoms with Crippen LogP contribution in [0.2, 0.25) is 5.28 Å². The van der Waals surface area contributed by atoms with Crippen molar-refractivity contribution in [2.45, 2.75) is 17.7 Å². The van der Waals surface area contributed by atoms with Crippen molar-refractivity contribution >= 4 is 49.6 Å². The number of phenolic OH excluding ortho intramolecular Hbond substituents is 1. The highest BCUT2D eigenvalue weighted by Gasteiger charge is 2.17. The summed E-state index contributed by atoms with van der Waals surface area (Å²) in [4.78, 5) is 12.5. The Morgan fingerprint density at radius 3 is 2.28 bits per heavy atom. The van der Waals surface area contributed by atoms with Crippen LogP contribution < -0.4 is 5.73 Å². The van der Waals surface area contributed by atoms with E-state index in [1.165, 1.54) is 12.1 Å². The number of benzene rings is 4. The highest BCUT2D eigenvalue weighted by molar-refractivity contribution is 7.85. The van der Waals surface area contributed by atoms with E-state index in [0.29, 0.717) is 40.3 Å². The van der Waals surface area contributed by atoms with Crippen molar-refractivity contribution in [3.05, 3.63) is 107 Å². The predicted octanol–water partition coefficient (Wildman–Crippen LogP) is 5.81. The maximum absolute atomic E-state index is 11.7. The minimum atomic E-state index is -4.40. The van der Waals surface area contributed by atoms with Gasteiger partial charge in [0.25, 0.3) is 10.1 Å². The Balaban J connectivity index is 1.35. The van der Waals surface area contributed by atoms with E-state index < -0.39 is 10.1 Å². The standard InChI is InChI=1S/C27H21ClN6O4S/c28-27-31-23(30-24(32-27)15-18-4-1-2-7-22(18)39(36,37)38)14-16-8-11-19(12-9-16)33-34-26-20(29)13-10-17-5-3-6-21(35)25(17)26/h1-13,35H,14-15,29H2,(H,36,37,38). The van der Waals surface area contributed by atoms with Crippen molar-refractivity contribution in [3.8, 4) is 5.75 Å². The van der Waals surface area contributed by atoms with Crippen LogP contribution in [0.5, 0.6) is 5.75 Å². The molecule has 0 aliphatic carbocycles. The second-order valence-electron chi connectivity index (χ2n) is 8.62. The van der Waals surface area contributed by atoms with E-state index in [9.17, 15) is 18.1 Å². The molecule has 12 heteroatoms. The molecule has 1 heterocycles. The molecule has 0 atom stereocenters. The Morgan fingerprint density at radius 1 is 0.821 bits per heavy atom. The van der Waals surface area contributed by atoms with E-state index in [1.54, 1.807) is 42.5 Å². The van der Waals surface area contributed by atoms with Crippen molar-refractivity contribution in [1.82, 2.24) is 15.0 Å². The summed E-state index contributed by atoms with van der Waals surface area (Å²) in [5, 5.41) is 20.2. The van der Waals surface area contributed by atoms with E-state index in [0.717, 1.165) is 10.9 Å². The lowest BCUT2D eigenvalue weighted by molar-refractivity contribution is 0.481. The topological polar surface area (TPSA) is 164 Å². The average Bonchev–Trinajstić information content (AvgIpc) is 2.89. The van der Waals surface area contributed by atoms with Gasteiger partial charge in [-0.1, -0.05) is 48.5 Å². The predicted molar refractivity (Wildman–Crippen MR) is 147 cm³/mol. The molecule has 0 bridgehead atoms. The van der Waals surface area contributed by atoms with E-state index in [1.807, 2.05) is 24.3 Å². The summed E-state index contributed by atoms with van der Waals surface area (Å²) >= 11 is 6.12. The van der Waals surface area contributed by atoms with Crippen LogP contribution in [-0.2, 0) is 23.0 Å². The normalized spacial score (nSPS) is 11.8. The third-order valence-electron chi connectivity index (χ3n) is 5.89. The lowest BCUT2D eigenvalue weighted by Gasteiger charge is -2.08. The Labute approximate surface area is 228 Å². The number of hydrogen-bond donors (Lipinski definition) is 3. The number of aromatic hydroxyl groups is 1. The summed E-state index contributed by atoms with van der Waals surface area (Å²) in [6, 6.07) is 22.0. The number of nitrogen functional groups attached to an aromatic ring is 1. The van der Waals surface area contributed by atoms with Gasteiger partial charge in [-0.15, -0.1) is 5.11 Å². The van der Waals surface area contributed by atoms with Crippen LogP contribution in [0.15, 0.2) is 94.0 Å². The maximum atomic E-state index is 11.7. The van der Waals surface area contributed by atoms with Crippen LogP contribution >= 0.6 is 11.6 Å². The summed E-state index contributed by atoms with van der Waals surface area (Å²) in [7, 11) is -4.40. The minimum absolute atomic E-state index is 0.0271. The molecule has 39 heavy (non-hydrogen) atoms. The van der Waals surface area contributed by atoms with Gasteiger partial charge in [0.15, 0.2) is 0 Å². The van der Waals surface area contributed by atoms with E-state index in [-0.39, 0.29) is 28.2 Å². The molecule has 4 N–H and O–H groups in total. The van der Waals surface area contributed by atoms with Crippen LogP contribution in [0.3, 0.4) is 0 Å². The lowest BCUT2D eigenvalue weighted by Crippen LogP contribution is -2.08. The first kappa shape index (κ1) is 26.2. The molecule has 0 radical (unpaired) electrons. The van der Waals surface area contributed by atoms with Crippen LogP contribution in [0.4, 0.5) is 17.1 Å². The van der Waals surface area contributed by atoms with Crippen molar-refractivity contribution in [2.24, 2.45) is 10.2 Å². The van der Waals surface area contributed by atoms with Crippen LogP contribution in [0.25, 0.3) is 10.8 Å². The fourth-order valence-corrected chi connectivity index (χ4v) is 5.02. The van der Waals surface area contributed by atoms with E-state index >= 15 is 0 Å². The van der Waals surface area contributed by atoms with Gasteiger partial charge in [0.2, 0.25) is 5.28 Å². The molecular formula is C27H21ClN6O4S. The second kappa shape index (κ2) is 10.7. The Kier molecular flexibility index (Phi) is 7.20. The largest absolute Gasteiger partial charge is 0.507 e. The first-order valence-electron chi connectivity index (χ1n) is 11.6. The molecule has 0 aliphatic rings. The first-order valence-corrected chi connectivity index (χ1v) is 13.4. The van der Waals surface area contributed by atoms with Gasteiger partial charge in [-0.2, -0.15) is 13.5 Å². The summed E-state index contributed by atoms with van der Waals surface area (Å²) in [5.74, 6) is 0.728. The zero-order valence-corrected chi connectivity index (χ0v) is 21.8. The van der Waals surface area contributed by atoms with Gasteiger partial charge in [0.1, 0.15) is 23.1 Å². The molecular weight excluding hydrogens is 540 g/mol. The molecule has 1 aromatic heterocycles. The third-order valence-corrected chi connectivity index (χ3v) is 7.01. The van der Waals surface area contributed by atoms with Crippen molar-refractivity contribution in [3.63, 3.8) is 0 Å². The first-order chi connectivity index (χ1) is 18.7. The highest BCUT2D eigenvalue weighted by atomic mass is 35.5. The van der Waals surface area contributed by atoms with Gasteiger partial charge in [-0.05, 0) is 58.4 Å². The molecule has 5 aromatic rings. The molecule has 0 unspecified atom stereocenters. The SMILES string of the molecule is Nc1ccc2cccc(O)c2c1N=Nc1ccc(Cc2nc(Cl)nc(Cc3ccccc3S(=O)(=O)O)n2)cc1. The number of nitrogens with two attached hydrogens (primary N) is 1. The number of phenols is 1. The Hall–Kier alpha value is -4.45. The summed E-state index contributed by atoms with van der Waals surface area (Å²) in [5.41, 5.74) is 8.65. The van der Waals surface area contributed by atoms with Crippen molar-refractivity contribution < 1.29 is 18.1 Å². The Morgan fingerprint density at radius 2 is 1.54 bits per heavy atom. The Bertz CT molecular complexity index is 1830. The number of hydrogen-bond acceptors (Lipinski definition) is 9. The molecule has 0 saturated heterocycles. The van der Waals surface area contributed by atoms with Crippen LogP contribution in [-0.4, -0.2) is 33.0 Å². The van der Waals surface area contributed by atoms with Crippen LogP contribution in [0, 0.1) is 0 Å². The average molecular weight is 561 g/mol. The molecule has 0 fully saturated rings. The van der Waals surface area contributed by atoms with Crippen molar-refractivity contribution in [1.29, 1.82) is 0 Å².